The molecule has 0 saturated carbocycles. The molecule has 0 unspecified atom stereocenters. The predicted molar refractivity (Wildman–Crippen MR) is 80.4 cm³/mol. The molecule has 0 bridgehead atoms. The Hall–Kier alpha value is -2.02. The zero-order valence-corrected chi connectivity index (χ0v) is 11.9. The molecule has 0 N–H and O–H groups in total. The van der Waals surface area contributed by atoms with Gasteiger partial charge in [-0.15, -0.1) is 11.6 Å². The molecule has 0 spiro atoms. The topological polar surface area (TPSA) is 41.6 Å². The van der Waals surface area contributed by atoms with Crippen LogP contribution in [0.1, 0.15) is 11.4 Å². The molecule has 2 aromatic carbocycles. The number of aromatic nitrogens is 2. The summed E-state index contributed by atoms with van der Waals surface area (Å²) in [5.74, 6) is 1.03. The molecular formula is C15H9Cl2N3. The van der Waals surface area contributed by atoms with Crippen molar-refractivity contribution in [2.45, 2.75) is 5.88 Å². The smallest absolute Gasteiger partial charge is 0.129 e. The van der Waals surface area contributed by atoms with Crippen molar-refractivity contribution in [2.24, 2.45) is 0 Å². The van der Waals surface area contributed by atoms with E-state index in [0.29, 0.717) is 16.5 Å². The highest BCUT2D eigenvalue weighted by Crippen LogP contribution is 2.24. The van der Waals surface area contributed by atoms with Crippen LogP contribution < -0.4 is 0 Å². The lowest BCUT2D eigenvalue weighted by Crippen LogP contribution is -1.99. The summed E-state index contributed by atoms with van der Waals surface area (Å²) in [6.07, 6.45) is 0. The maximum Gasteiger partial charge on any atom is 0.129 e. The Morgan fingerprint density at radius 1 is 1.15 bits per heavy atom. The van der Waals surface area contributed by atoms with Crippen molar-refractivity contribution in [3.63, 3.8) is 0 Å². The second-order valence-electron chi connectivity index (χ2n) is 4.29. The van der Waals surface area contributed by atoms with Crippen LogP contribution in [0.4, 0.5) is 0 Å². The maximum atomic E-state index is 9.04. The Labute approximate surface area is 126 Å². The SMILES string of the molecule is N#Cc1ccc2nc(CCl)n(-c3ccc(Cl)cc3)c2c1. The first-order valence-corrected chi connectivity index (χ1v) is 6.87. The molecule has 20 heavy (non-hydrogen) atoms. The molecule has 0 aliphatic heterocycles. The highest BCUT2D eigenvalue weighted by Gasteiger charge is 2.12. The minimum Gasteiger partial charge on any atom is -0.295 e. The Morgan fingerprint density at radius 3 is 2.55 bits per heavy atom. The molecule has 3 nitrogen and oxygen atoms in total. The van der Waals surface area contributed by atoms with Crippen LogP contribution in [0.5, 0.6) is 0 Å². The van der Waals surface area contributed by atoms with Gasteiger partial charge in [0.1, 0.15) is 5.82 Å². The first-order valence-electron chi connectivity index (χ1n) is 5.96. The molecular weight excluding hydrogens is 293 g/mol. The third-order valence-corrected chi connectivity index (χ3v) is 3.55. The van der Waals surface area contributed by atoms with E-state index in [1.165, 1.54) is 0 Å². The number of rotatable bonds is 2. The molecule has 0 radical (unpaired) electrons. The summed E-state index contributed by atoms with van der Waals surface area (Å²) in [5, 5.41) is 9.71. The van der Waals surface area contributed by atoms with Crippen molar-refractivity contribution in [2.75, 3.05) is 0 Å². The van der Waals surface area contributed by atoms with E-state index in [0.717, 1.165) is 22.5 Å². The van der Waals surface area contributed by atoms with E-state index in [4.69, 9.17) is 28.5 Å². The zero-order valence-electron chi connectivity index (χ0n) is 10.3. The van der Waals surface area contributed by atoms with Crippen LogP contribution in [-0.4, -0.2) is 9.55 Å². The summed E-state index contributed by atoms with van der Waals surface area (Å²) < 4.78 is 1.94. The van der Waals surface area contributed by atoms with Crippen LogP contribution in [0.3, 0.4) is 0 Å². The summed E-state index contributed by atoms with van der Waals surface area (Å²) in [6.45, 7) is 0. The summed E-state index contributed by atoms with van der Waals surface area (Å²) in [6, 6.07) is 15.0. The van der Waals surface area contributed by atoms with Crippen LogP contribution in [0.25, 0.3) is 16.7 Å². The average Bonchev–Trinajstić information content (AvgIpc) is 2.85. The largest absolute Gasteiger partial charge is 0.295 e. The van der Waals surface area contributed by atoms with Crippen LogP contribution in [-0.2, 0) is 5.88 Å². The first-order chi connectivity index (χ1) is 9.72. The Morgan fingerprint density at radius 2 is 1.90 bits per heavy atom. The molecule has 98 valence electrons. The molecule has 0 atom stereocenters. The van der Waals surface area contributed by atoms with Gasteiger partial charge in [0, 0.05) is 10.7 Å². The zero-order chi connectivity index (χ0) is 14.1. The van der Waals surface area contributed by atoms with E-state index in [2.05, 4.69) is 11.1 Å². The summed E-state index contributed by atoms with van der Waals surface area (Å²) in [5.41, 5.74) is 3.19. The third-order valence-electron chi connectivity index (χ3n) is 3.06. The second-order valence-corrected chi connectivity index (χ2v) is 4.99. The fourth-order valence-electron chi connectivity index (χ4n) is 2.16. The number of alkyl halides is 1. The van der Waals surface area contributed by atoms with Gasteiger partial charge in [0.05, 0.1) is 28.5 Å². The molecule has 3 rings (SSSR count). The number of nitrogens with zero attached hydrogens (tertiary/aromatic N) is 3. The van der Waals surface area contributed by atoms with Gasteiger partial charge in [0.25, 0.3) is 0 Å². The Bertz CT molecular complexity index is 813. The molecule has 5 heteroatoms. The number of halogens is 2. The quantitative estimate of drug-likeness (QED) is 0.663. The van der Waals surface area contributed by atoms with E-state index in [9.17, 15) is 0 Å². The minimum absolute atomic E-state index is 0.291. The third kappa shape index (κ3) is 2.14. The highest BCUT2D eigenvalue weighted by molar-refractivity contribution is 6.30. The van der Waals surface area contributed by atoms with Gasteiger partial charge in [0.15, 0.2) is 0 Å². The van der Waals surface area contributed by atoms with Crippen molar-refractivity contribution < 1.29 is 0 Å². The maximum absolute atomic E-state index is 9.04. The van der Waals surface area contributed by atoms with Gasteiger partial charge in [-0.1, -0.05) is 11.6 Å². The van der Waals surface area contributed by atoms with Gasteiger partial charge in [-0.25, -0.2) is 4.98 Å². The molecule has 0 saturated heterocycles. The van der Waals surface area contributed by atoms with Crippen molar-refractivity contribution in [1.82, 2.24) is 9.55 Å². The van der Waals surface area contributed by atoms with Crippen molar-refractivity contribution >= 4 is 34.2 Å². The minimum atomic E-state index is 0.291. The fraction of sp³-hybridized carbons (Fsp3) is 0.0667. The number of benzene rings is 2. The molecule has 1 heterocycles. The Kier molecular flexibility index (Phi) is 3.35. The van der Waals surface area contributed by atoms with E-state index < -0.39 is 0 Å². The second kappa shape index (κ2) is 5.16. The van der Waals surface area contributed by atoms with E-state index in [-0.39, 0.29) is 0 Å². The van der Waals surface area contributed by atoms with Crippen molar-refractivity contribution in [3.05, 3.63) is 58.9 Å². The van der Waals surface area contributed by atoms with Crippen LogP contribution >= 0.6 is 23.2 Å². The van der Waals surface area contributed by atoms with Crippen molar-refractivity contribution in [1.29, 1.82) is 5.26 Å². The molecule has 0 amide bonds. The monoisotopic (exact) mass is 301 g/mol. The van der Waals surface area contributed by atoms with E-state index >= 15 is 0 Å². The summed E-state index contributed by atoms with van der Waals surface area (Å²) >= 11 is 11.9. The van der Waals surface area contributed by atoms with E-state index in [1.54, 1.807) is 6.07 Å². The normalized spacial score (nSPS) is 10.7. The number of hydrogen-bond acceptors (Lipinski definition) is 2. The van der Waals surface area contributed by atoms with Crippen LogP contribution in [0, 0.1) is 11.3 Å². The van der Waals surface area contributed by atoms with Crippen LogP contribution in [0.2, 0.25) is 5.02 Å². The lowest BCUT2D eigenvalue weighted by Gasteiger charge is -2.07. The number of imidazole rings is 1. The molecule has 1 aromatic heterocycles. The van der Waals surface area contributed by atoms with Gasteiger partial charge in [-0.05, 0) is 42.5 Å². The average molecular weight is 302 g/mol. The lowest BCUT2D eigenvalue weighted by molar-refractivity contribution is 0.982. The molecule has 3 aromatic rings. The van der Waals surface area contributed by atoms with Gasteiger partial charge in [-0.3, -0.25) is 4.57 Å². The molecule has 0 fully saturated rings. The lowest BCUT2D eigenvalue weighted by atomic mass is 10.2. The number of fused-ring (bicyclic) bond motifs is 1. The summed E-state index contributed by atoms with van der Waals surface area (Å²) in [7, 11) is 0. The molecule has 0 aliphatic carbocycles. The predicted octanol–water partition coefficient (Wildman–Crippen LogP) is 4.29. The fourth-order valence-corrected chi connectivity index (χ4v) is 2.47. The van der Waals surface area contributed by atoms with Crippen molar-refractivity contribution in [3.8, 4) is 11.8 Å². The first kappa shape index (κ1) is 13.0. The number of nitriles is 1. The van der Waals surface area contributed by atoms with Gasteiger partial charge in [-0.2, -0.15) is 5.26 Å². The van der Waals surface area contributed by atoms with Gasteiger partial charge in [0.2, 0.25) is 0 Å². The number of hydrogen-bond donors (Lipinski definition) is 0. The molecule has 0 aliphatic rings. The van der Waals surface area contributed by atoms with Gasteiger partial charge >= 0.3 is 0 Å². The van der Waals surface area contributed by atoms with E-state index in [1.807, 2.05) is 41.0 Å². The standard InChI is InChI=1S/C15H9Cl2N3/c16-8-15-19-13-6-1-10(9-18)7-14(13)20(15)12-4-2-11(17)3-5-12/h1-7H,8H2. The van der Waals surface area contributed by atoms with Crippen LogP contribution in [0.15, 0.2) is 42.5 Å². The highest BCUT2D eigenvalue weighted by atomic mass is 35.5. The Balaban J connectivity index is 2.31. The summed E-state index contributed by atoms with van der Waals surface area (Å²) in [4.78, 5) is 4.49. The van der Waals surface area contributed by atoms with Gasteiger partial charge < -0.3 is 0 Å².